The Balaban J connectivity index is 0.000000266. The number of alkyl halides is 1. The second-order valence-electron chi connectivity index (χ2n) is 15.3. The number of aliphatic hydroxyl groups is 1. The van der Waals surface area contributed by atoms with Crippen LogP contribution in [0.3, 0.4) is 0 Å². The molecule has 0 amide bonds. The van der Waals surface area contributed by atoms with Crippen molar-refractivity contribution >= 4 is 104 Å². The fourth-order valence-electron chi connectivity index (χ4n) is 8.20. The molecule has 6 nitrogen and oxygen atoms in total. The molecule has 0 bridgehead atoms. The Morgan fingerprint density at radius 1 is 0.547 bits per heavy atom. The zero-order valence-corrected chi connectivity index (χ0v) is 44.8. The summed E-state index contributed by atoms with van der Waals surface area (Å²) in [5.41, 5.74) is 6.44. The van der Waals surface area contributed by atoms with E-state index < -0.39 is 6.10 Å². The number of benzene rings is 6. The summed E-state index contributed by atoms with van der Waals surface area (Å²) in [4.78, 5) is 11.4. The number of anilines is 2. The number of hydrogen-bond acceptors (Lipinski definition) is 6. The van der Waals surface area contributed by atoms with Gasteiger partial charge in [0.15, 0.2) is 0 Å². The normalized spacial score (nSPS) is 17.5. The molecule has 2 aliphatic rings. The van der Waals surface area contributed by atoms with Crippen LogP contribution in [-0.4, -0.2) is 79.3 Å². The van der Waals surface area contributed by atoms with Gasteiger partial charge in [0.05, 0.1) is 45.7 Å². The van der Waals surface area contributed by atoms with Crippen molar-refractivity contribution in [3.05, 3.63) is 198 Å². The molecule has 8 rings (SSSR count). The van der Waals surface area contributed by atoms with Crippen LogP contribution in [0, 0.1) is 0 Å². The van der Waals surface area contributed by atoms with Crippen LogP contribution in [-0.2, 0) is 4.74 Å². The van der Waals surface area contributed by atoms with Gasteiger partial charge in [-0.15, -0.1) is 0 Å². The Kier molecular flexibility index (Phi) is 22.2. The first-order valence-corrected chi connectivity index (χ1v) is 25.1. The Hall–Kier alpha value is -1.77. The van der Waals surface area contributed by atoms with Gasteiger partial charge in [-0.2, -0.15) is 0 Å². The minimum absolute atomic E-state index is 0. The van der Waals surface area contributed by atoms with Crippen LogP contribution in [0.2, 0.25) is 30.1 Å². The number of β-amino-alcohol motifs (C(OH)–C–C–N with tert-alkyl or cyclic N) is 1. The second-order valence-corrected chi connectivity index (χ2v) is 17.9. The molecule has 0 saturated carbocycles. The van der Waals surface area contributed by atoms with E-state index in [0.29, 0.717) is 31.7 Å². The molecular formula is C50H52Cl6IN4NaO2. The maximum Gasteiger partial charge on any atom is 1.00 e. The van der Waals surface area contributed by atoms with E-state index in [0.717, 1.165) is 73.3 Å². The molecule has 0 unspecified atom stereocenters. The summed E-state index contributed by atoms with van der Waals surface area (Å²) in [6.07, 6.45) is -0.500. The zero-order valence-electron chi connectivity index (χ0n) is 37.1. The average Bonchev–Trinajstić information content (AvgIpc) is 3.30. The summed E-state index contributed by atoms with van der Waals surface area (Å²) in [6.45, 7) is 6.40. The number of ether oxygens (including phenoxy) is 1. The summed E-state index contributed by atoms with van der Waals surface area (Å²) in [6, 6.07) is 47.7. The maximum absolute atomic E-state index is 10.7. The van der Waals surface area contributed by atoms with E-state index in [-0.39, 0.29) is 49.2 Å². The Labute approximate surface area is 446 Å². The van der Waals surface area contributed by atoms with Crippen molar-refractivity contribution in [3.8, 4) is 0 Å². The predicted octanol–water partition coefficient (Wildman–Crippen LogP) is 11.3. The van der Waals surface area contributed by atoms with E-state index in [4.69, 9.17) is 74.3 Å². The third-order valence-electron chi connectivity index (χ3n) is 11.4. The summed E-state index contributed by atoms with van der Waals surface area (Å²) < 4.78 is 5.83. The van der Waals surface area contributed by atoms with Crippen molar-refractivity contribution in [3.63, 3.8) is 0 Å². The number of aliphatic hydroxyl groups excluding tert-OH is 1. The fourth-order valence-corrected chi connectivity index (χ4v) is 9.49. The van der Waals surface area contributed by atoms with Crippen molar-refractivity contribution in [2.45, 2.75) is 24.3 Å². The minimum atomic E-state index is -0.525. The van der Waals surface area contributed by atoms with Crippen LogP contribution in [0.4, 0.5) is 11.4 Å². The first-order chi connectivity index (χ1) is 30.6. The fraction of sp³-hybridized carbons (Fsp3) is 0.280. The Bertz CT molecular complexity index is 2330. The molecular weight excluding hydrogens is 1050 g/mol. The van der Waals surface area contributed by atoms with Gasteiger partial charge in [0.2, 0.25) is 0 Å². The molecule has 0 spiro atoms. The molecule has 2 fully saturated rings. The van der Waals surface area contributed by atoms with Gasteiger partial charge in [-0.1, -0.05) is 177 Å². The zero-order chi connectivity index (χ0) is 44.9. The van der Waals surface area contributed by atoms with Crippen LogP contribution < -0.4 is 39.4 Å². The minimum Gasteiger partial charge on any atom is -1.00 e. The van der Waals surface area contributed by atoms with Gasteiger partial charge in [-0.3, -0.25) is 9.80 Å². The SMILES string of the molecule is CI.CO[C@@H](CN1CCN(c2ccc(Cl)cc2Cl)[C@H](c2ccc(Cl)cc2)C1)c1ccccc1.O[C@@H](CN1CCN(c2ccc(Cl)cc2Cl)[C@H](c2ccc(Cl)cc2)C1)c1ccccc1.[H-].[Na+]. The monoisotopic (exact) mass is 1100 g/mol. The number of methoxy groups -OCH3 is 1. The largest absolute Gasteiger partial charge is 1.00 e. The van der Waals surface area contributed by atoms with Gasteiger partial charge < -0.3 is 21.1 Å². The quantitative estimate of drug-likeness (QED) is 0.0792. The van der Waals surface area contributed by atoms with Gasteiger partial charge in [0.1, 0.15) is 0 Å². The summed E-state index contributed by atoms with van der Waals surface area (Å²) in [5.74, 6) is 0. The van der Waals surface area contributed by atoms with Crippen LogP contribution in [0.5, 0.6) is 0 Å². The third-order valence-corrected chi connectivity index (χ3v) is 13.0. The molecule has 14 heteroatoms. The molecule has 0 radical (unpaired) electrons. The summed E-state index contributed by atoms with van der Waals surface area (Å²) in [7, 11) is 1.78. The Morgan fingerprint density at radius 3 is 1.34 bits per heavy atom. The first kappa shape index (κ1) is 53.2. The van der Waals surface area contributed by atoms with Crippen molar-refractivity contribution in [2.75, 3.05) is 74.2 Å². The van der Waals surface area contributed by atoms with Crippen LogP contribution >= 0.6 is 92.2 Å². The molecule has 6 aromatic carbocycles. The third kappa shape index (κ3) is 14.6. The van der Waals surface area contributed by atoms with E-state index in [2.05, 4.69) is 90.7 Å². The number of piperazine rings is 2. The number of rotatable bonds is 11. The van der Waals surface area contributed by atoms with Gasteiger partial charge in [0, 0.05) is 79.6 Å². The molecule has 0 aromatic heterocycles. The molecule has 6 aromatic rings. The van der Waals surface area contributed by atoms with Crippen LogP contribution in [0.1, 0.15) is 48.0 Å². The molecule has 0 aliphatic carbocycles. The van der Waals surface area contributed by atoms with Gasteiger partial charge in [0.25, 0.3) is 0 Å². The second kappa shape index (κ2) is 26.7. The average molecular weight is 1100 g/mol. The summed E-state index contributed by atoms with van der Waals surface area (Å²) >= 11 is 39.8. The smallest absolute Gasteiger partial charge is 1.00 e. The van der Waals surface area contributed by atoms with E-state index in [9.17, 15) is 5.11 Å². The van der Waals surface area contributed by atoms with Gasteiger partial charge in [-0.05, 0) is 87.8 Å². The predicted molar refractivity (Wildman–Crippen MR) is 278 cm³/mol. The van der Waals surface area contributed by atoms with Crippen molar-refractivity contribution in [1.82, 2.24) is 9.80 Å². The topological polar surface area (TPSA) is 42.4 Å². The van der Waals surface area contributed by atoms with Crippen molar-refractivity contribution in [2.24, 2.45) is 0 Å². The van der Waals surface area contributed by atoms with E-state index in [1.807, 2.05) is 89.9 Å². The van der Waals surface area contributed by atoms with Crippen molar-refractivity contribution in [1.29, 1.82) is 0 Å². The first-order valence-electron chi connectivity index (χ1n) is 20.6. The Morgan fingerprint density at radius 2 is 0.938 bits per heavy atom. The molecule has 2 heterocycles. The standard InChI is InChI=1S/C25H25Cl3N2O.C24H23Cl3N2O.CH3I.Na.H/c1-31-25(19-5-3-2-4-6-19)17-29-13-14-30(23-12-11-21(27)15-22(23)28)24(16-29)18-7-9-20(26)10-8-18;25-19-8-6-17(7-9-19)23-15-28(16-24(30)18-4-2-1-3-5-18)12-13-29(23)22-11-10-20(26)14-21(22)27;1-2;;/h2-12,15,24-25H,13-14,16-17H2,1H3;1-11,14,23-24,30H,12-13,15-16H2;1H3;;/q;;;+1;-1/t24-,25-;23-,24-;;;/m00.../s1. The van der Waals surface area contributed by atoms with E-state index in [1.165, 1.54) is 11.1 Å². The van der Waals surface area contributed by atoms with Gasteiger partial charge >= 0.3 is 29.6 Å². The molecule has 64 heavy (non-hydrogen) atoms. The molecule has 4 atom stereocenters. The number of halogens is 7. The molecule has 334 valence electrons. The van der Waals surface area contributed by atoms with Gasteiger partial charge in [-0.25, -0.2) is 0 Å². The van der Waals surface area contributed by atoms with Crippen LogP contribution in [0.15, 0.2) is 146 Å². The van der Waals surface area contributed by atoms with E-state index >= 15 is 0 Å². The van der Waals surface area contributed by atoms with Crippen LogP contribution in [0.25, 0.3) is 0 Å². The summed E-state index contributed by atoms with van der Waals surface area (Å²) in [5, 5.41) is 14.7. The van der Waals surface area contributed by atoms with Crippen molar-refractivity contribution < 1.29 is 40.8 Å². The molecule has 1 N–H and O–H groups in total. The molecule has 2 saturated heterocycles. The molecule has 2 aliphatic heterocycles. The maximum atomic E-state index is 10.7. The number of hydrogen-bond donors (Lipinski definition) is 1. The number of nitrogens with zero attached hydrogens (tertiary/aromatic N) is 4. The van der Waals surface area contributed by atoms with E-state index in [1.54, 1.807) is 19.2 Å².